The van der Waals surface area contributed by atoms with Gasteiger partial charge >= 0.3 is 6.18 Å². The topological polar surface area (TPSA) is 28.6 Å². The van der Waals surface area contributed by atoms with E-state index in [1.807, 2.05) is 27.9 Å². The van der Waals surface area contributed by atoms with Gasteiger partial charge in [-0.15, -0.1) is 11.3 Å². The Morgan fingerprint density at radius 2 is 2.12 bits per heavy atom. The zero-order chi connectivity index (χ0) is 17.9. The number of halogens is 4. The molecule has 25 heavy (non-hydrogen) atoms. The quantitative estimate of drug-likeness (QED) is 0.547. The minimum absolute atomic E-state index is 0.499. The Bertz CT molecular complexity index is 557. The largest absolute Gasteiger partial charge is 0.434 e. The normalized spacial score (nSPS) is 25.7. The fraction of sp³-hybridized carbons (Fsp3) is 0.812. The first-order valence-corrected chi connectivity index (χ1v) is 10.5. The molecule has 2 saturated heterocycles. The van der Waals surface area contributed by atoms with Crippen molar-refractivity contribution >= 4 is 39.5 Å². The van der Waals surface area contributed by atoms with E-state index in [4.69, 9.17) is 3.07 Å². The first-order chi connectivity index (χ1) is 12.0. The predicted octanol–water partition coefficient (Wildman–Crippen LogP) is 4.60. The maximum Gasteiger partial charge on any atom is 0.434 e. The smallest absolute Gasteiger partial charge is 0.348 e. The number of piperidine rings is 1. The molecule has 2 aliphatic rings. The van der Waals surface area contributed by atoms with Gasteiger partial charge < -0.3 is 7.97 Å². The van der Waals surface area contributed by atoms with Crippen molar-refractivity contribution in [2.45, 2.75) is 44.3 Å². The molecule has 9 heteroatoms. The molecular formula is C16H23F3IN3OS. The third kappa shape index (κ3) is 5.20. The first kappa shape index (κ1) is 19.6. The summed E-state index contributed by atoms with van der Waals surface area (Å²) in [6.07, 6.45) is 1.46. The van der Waals surface area contributed by atoms with Crippen molar-refractivity contribution in [1.82, 2.24) is 9.88 Å². The number of likely N-dealkylation sites (tertiary alicyclic amines) is 1. The standard InChI is InChI=1S/C16H23F3IN3OS/c17-16(18,19)14-11-25-15(21-14)23-7-4-12(10-23)9-22-6-2-1-3-13(22)5-8-24-20/h11-13H,1-10H2/t12-,13-/m0/s1. The number of nitrogens with zero attached hydrogens (tertiary/aromatic N) is 3. The van der Waals surface area contributed by atoms with Crippen LogP contribution in [0.2, 0.25) is 0 Å². The highest BCUT2D eigenvalue weighted by Crippen LogP contribution is 2.35. The monoisotopic (exact) mass is 489 g/mol. The van der Waals surface area contributed by atoms with E-state index >= 15 is 0 Å². The van der Waals surface area contributed by atoms with Gasteiger partial charge in [0.15, 0.2) is 10.8 Å². The Hall–Kier alpha value is -0.130. The summed E-state index contributed by atoms with van der Waals surface area (Å²) in [5.41, 5.74) is -0.772. The van der Waals surface area contributed by atoms with Gasteiger partial charge in [0.05, 0.1) is 6.61 Å². The molecule has 142 valence electrons. The van der Waals surface area contributed by atoms with E-state index in [0.717, 1.165) is 62.3 Å². The lowest BCUT2D eigenvalue weighted by atomic mass is 9.97. The summed E-state index contributed by atoms with van der Waals surface area (Å²) >= 11 is 3.04. The van der Waals surface area contributed by atoms with Crippen molar-refractivity contribution in [2.24, 2.45) is 5.92 Å². The van der Waals surface area contributed by atoms with E-state index < -0.39 is 11.9 Å². The highest BCUT2D eigenvalue weighted by molar-refractivity contribution is 14.1. The second kappa shape index (κ2) is 8.71. The van der Waals surface area contributed by atoms with Crippen LogP contribution >= 0.6 is 34.3 Å². The third-order valence-electron chi connectivity index (χ3n) is 5.11. The first-order valence-electron chi connectivity index (χ1n) is 8.72. The molecule has 0 amide bonds. The van der Waals surface area contributed by atoms with E-state index in [9.17, 15) is 13.2 Å². The van der Waals surface area contributed by atoms with Crippen molar-refractivity contribution in [2.75, 3.05) is 37.7 Å². The van der Waals surface area contributed by atoms with Crippen molar-refractivity contribution < 1.29 is 16.2 Å². The Kier molecular flexibility index (Phi) is 6.83. The molecule has 1 aromatic heterocycles. The molecule has 4 nitrogen and oxygen atoms in total. The summed E-state index contributed by atoms with van der Waals surface area (Å²) in [6, 6.07) is 0.578. The molecular weight excluding hydrogens is 466 g/mol. The predicted molar refractivity (Wildman–Crippen MR) is 101 cm³/mol. The maximum atomic E-state index is 12.7. The van der Waals surface area contributed by atoms with Gasteiger partial charge in [0.25, 0.3) is 0 Å². The van der Waals surface area contributed by atoms with Crippen molar-refractivity contribution in [3.63, 3.8) is 0 Å². The van der Waals surface area contributed by atoms with Gasteiger partial charge in [-0.25, -0.2) is 4.98 Å². The van der Waals surface area contributed by atoms with E-state index in [-0.39, 0.29) is 0 Å². The molecule has 2 atom stereocenters. The van der Waals surface area contributed by atoms with Gasteiger partial charge in [-0.3, -0.25) is 4.90 Å². The van der Waals surface area contributed by atoms with Crippen LogP contribution in [0.1, 0.15) is 37.8 Å². The summed E-state index contributed by atoms with van der Waals surface area (Å²) in [5.74, 6) is 0.499. The Labute approximate surface area is 164 Å². The number of alkyl halides is 3. The van der Waals surface area contributed by atoms with Gasteiger partial charge in [0, 0.05) is 31.1 Å². The molecule has 0 bridgehead atoms. The van der Waals surface area contributed by atoms with Gasteiger partial charge in [-0.1, -0.05) is 6.42 Å². The SMILES string of the molecule is FC(F)(F)c1csc(N2CC[C@@H](CN3CCCC[C@H]3CCOI)C2)n1. The molecule has 0 radical (unpaired) electrons. The van der Waals surface area contributed by atoms with Crippen LogP contribution in [0.3, 0.4) is 0 Å². The molecule has 0 aliphatic carbocycles. The molecule has 2 fully saturated rings. The summed E-state index contributed by atoms with van der Waals surface area (Å²) in [7, 11) is 0. The van der Waals surface area contributed by atoms with Crippen LogP contribution in [0.5, 0.6) is 0 Å². The molecule has 0 unspecified atom stereocenters. The van der Waals surface area contributed by atoms with E-state index in [2.05, 4.69) is 9.88 Å². The van der Waals surface area contributed by atoms with E-state index in [1.54, 1.807) is 0 Å². The molecule has 3 rings (SSSR count). The molecule has 1 aromatic rings. The van der Waals surface area contributed by atoms with Crippen LogP contribution in [0.15, 0.2) is 5.38 Å². The Morgan fingerprint density at radius 1 is 1.28 bits per heavy atom. The second-order valence-corrected chi connectivity index (χ2v) is 8.32. The highest BCUT2D eigenvalue weighted by atomic mass is 127. The molecule has 0 saturated carbocycles. The van der Waals surface area contributed by atoms with Crippen LogP contribution in [0.4, 0.5) is 18.3 Å². The van der Waals surface area contributed by atoms with Crippen LogP contribution in [-0.4, -0.2) is 48.7 Å². The van der Waals surface area contributed by atoms with E-state index in [0.29, 0.717) is 17.1 Å². The fourth-order valence-electron chi connectivity index (χ4n) is 3.83. The number of aromatic nitrogens is 1. The van der Waals surface area contributed by atoms with E-state index in [1.165, 1.54) is 19.3 Å². The fourth-order valence-corrected chi connectivity index (χ4v) is 4.96. The summed E-state index contributed by atoms with van der Waals surface area (Å²) < 4.78 is 43.4. The third-order valence-corrected chi connectivity index (χ3v) is 6.45. The van der Waals surface area contributed by atoms with Crippen LogP contribution in [0.25, 0.3) is 0 Å². The number of hydrogen-bond acceptors (Lipinski definition) is 5. The number of hydrogen-bond donors (Lipinski definition) is 0. The average molecular weight is 489 g/mol. The Balaban J connectivity index is 1.54. The minimum Gasteiger partial charge on any atom is -0.348 e. The van der Waals surface area contributed by atoms with Crippen LogP contribution in [-0.2, 0) is 9.24 Å². The van der Waals surface area contributed by atoms with Crippen molar-refractivity contribution in [3.05, 3.63) is 11.1 Å². The van der Waals surface area contributed by atoms with Gasteiger partial charge in [-0.05, 0) is 38.1 Å². The lowest BCUT2D eigenvalue weighted by Gasteiger charge is -2.37. The minimum atomic E-state index is -4.35. The summed E-state index contributed by atoms with van der Waals surface area (Å²) in [4.78, 5) is 8.37. The number of rotatable bonds is 6. The van der Waals surface area contributed by atoms with Gasteiger partial charge in [0.2, 0.25) is 0 Å². The summed E-state index contributed by atoms with van der Waals surface area (Å²) in [5, 5.41) is 1.62. The highest BCUT2D eigenvalue weighted by Gasteiger charge is 2.35. The second-order valence-electron chi connectivity index (χ2n) is 6.86. The zero-order valence-electron chi connectivity index (χ0n) is 14.0. The number of anilines is 1. The molecule has 3 heterocycles. The van der Waals surface area contributed by atoms with Crippen molar-refractivity contribution in [1.29, 1.82) is 0 Å². The van der Waals surface area contributed by atoms with Crippen LogP contribution in [0, 0.1) is 5.92 Å². The molecule has 2 aliphatic heterocycles. The lowest BCUT2D eigenvalue weighted by Crippen LogP contribution is -2.43. The van der Waals surface area contributed by atoms with Crippen LogP contribution < -0.4 is 4.90 Å². The number of thiazole rings is 1. The zero-order valence-corrected chi connectivity index (χ0v) is 16.9. The van der Waals surface area contributed by atoms with Gasteiger partial charge in [0.1, 0.15) is 23.0 Å². The Morgan fingerprint density at radius 3 is 2.84 bits per heavy atom. The molecule has 0 aromatic carbocycles. The summed E-state index contributed by atoms with van der Waals surface area (Å²) in [6.45, 7) is 4.53. The lowest BCUT2D eigenvalue weighted by molar-refractivity contribution is -0.140. The van der Waals surface area contributed by atoms with Crippen molar-refractivity contribution in [3.8, 4) is 0 Å². The molecule has 0 spiro atoms. The van der Waals surface area contributed by atoms with Gasteiger partial charge in [-0.2, -0.15) is 13.2 Å². The molecule has 0 N–H and O–H groups in total. The average Bonchev–Trinajstić information content (AvgIpc) is 3.22. The maximum absolute atomic E-state index is 12.7.